The van der Waals surface area contributed by atoms with Gasteiger partial charge in [-0.15, -0.1) is 10.2 Å². The van der Waals surface area contributed by atoms with Gasteiger partial charge in [-0.05, 0) is 26.0 Å². The van der Waals surface area contributed by atoms with Gasteiger partial charge >= 0.3 is 5.97 Å². The van der Waals surface area contributed by atoms with Gasteiger partial charge in [-0.25, -0.2) is 4.79 Å². The van der Waals surface area contributed by atoms with Crippen molar-refractivity contribution in [3.8, 4) is 0 Å². The van der Waals surface area contributed by atoms with Crippen LogP contribution in [0.15, 0.2) is 28.6 Å². The minimum absolute atomic E-state index is 0.0103. The first-order valence-corrected chi connectivity index (χ1v) is 9.64. The Labute approximate surface area is 158 Å². The molecule has 2 amide bonds. The number of nitrogens with one attached hydrogen (secondary N) is 1. The van der Waals surface area contributed by atoms with Crippen molar-refractivity contribution in [2.45, 2.75) is 18.2 Å². The van der Waals surface area contributed by atoms with Gasteiger partial charge in [0.2, 0.25) is 11.0 Å². The molecule has 1 aromatic heterocycles. The molecule has 1 heterocycles. The number of aromatic carboxylic acids is 1. The molecule has 8 nitrogen and oxygen atoms in total. The van der Waals surface area contributed by atoms with Crippen LogP contribution in [0.4, 0.5) is 5.13 Å². The molecular formula is C16H18N4O4S2. The third-order valence-electron chi connectivity index (χ3n) is 3.46. The van der Waals surface area contributed by atoms with E-state index >= 15 is 0 Å². The normalized spacial score (nSPS) is 10.4. The van der Waals surface area contributed by atoms with E-state index in [1.807, 2.05) is 13.8 Å². The Morgan fingerprint density at radius 3 is 2.42 bits per heavy atom. The number of hydrogen-bond donors (Lipinski definition) is 2. The van der Waals surface area contributed by atoms with Gasteiger partial charge in [-0.1, -0.05) is 35.2 Å². The van der Waals surface area contributed by atoms with Gasteiger partial charge < -0.3 is 10.0 Å². The topological polar surface area (TPSA) is 112 Å². The number of benzene rings is 1. The standard InChI is InChI=1S/C16H18N4O4S2/c1-3-20(4-2)12(21)9-25-16-19-18-15(26-16)17-13(22)10-7-5-6-8-11(10)14(23)24/h5-8H,3-4,9H2,1-2H3,(H,23,24)(H,17,18,22). The van der Waals surface area contributed by atoms with Crippen molar-refractivity contribution >= 4 is 46.0 Å². The Morgan fingerprint density at radius 2 is 1.81 bits per heavy atom. The van der Waals surface area contributed by atoms with Crippen molar-refractivity contribution in [2.75, 3.05) is 24.2 Å². The molecule has 0 radical (unpaired) electrons. The summed E-state index contributed by atoms with van der Waals surface area (Å²) in [6.07, 6.45) is 0. The molecule has 26 heavy (non-hydrogen) atoms. The Balaban J connectivity index is 1.99. The SMILES string of the molecule is CCN(CC)C(=O)CSc1nnc(NC(=O)c2ccccc2C(=O)O)s1. The maximum atomic E-state index is 12.3. The van der Waals surface area contributed by atoms with E-state index in [0.29, 0.717) is 17.4 Å². The van der Waals surface area contributed by atoms with Crippen molar-refractivity contribution in [3.63, 3.8) is 0 Å². The van der Waals surface area contributed by atoms with Crippen LogP contribution < -0.4 is 5.32 Å². The van der Waals surface area contributed by atoms with Gasteiger partial charge in [0, 0.05) is 13.1 Å². The number of nitrogens with zero attached hydrogens (tertiary/aromatic N) is 3. The molecule has 0 aliphatic heterocycles. The third kappa shape index (κ3) is 5.02. The van der Waals surface area contributed by atoms with Gasteiger partial charge in [0.15, 0.2) is 4.34 Å². The van der Waals surface area contributed by atoms with Gasteiger partial charge in [0.25, 0.3) is 5.91 Å². The predicted molar refractivity (Wildman–Crippen MR) is 99.9 cm³/mol. The number of carbonyl (C=O) groups excluding carboxylic acids is 2. The molecule has 0 spiro atoms. The van der Waals surface area contributed by atoms with Crippen LogP contribution in [0.2, 0.25) is 0 Å². The number of rotatable bonds is 8. The summed E-state index contributed by atoms with van der Waals surface area (Å²) in [5.74, 6) is -1.50. The van der Waals surface area contributed by atoms with Crippen molar-refractivity contribution < 1.29 is 19.5 Å². The fraction of sp³-hybridized carbons (Fsp3) is 0.312. The lowest BCUT2D eigenvalue weighted by molar-refractivity contribution is -0.127. The third-order valence-corrected chi connectivity index (χ3v) is 5.42. The molecule has 0 atom stereocenters. The van der Waals surface area contributed by atoms with Crippen LogP contribution in [-0.4, -0.2) is 56.8 Å². The second-order valence-corrected chi connectivity index (χ2v) is 7.23. The number of aromatic nitrogens is 2. The molecule has 0 fully saturated rings. The van der Waals surface area contributed by atoms with Crippen LogP contribution in [0.1, 0.15) is 34.6 Å². The monoisotopic (exact) mass is 394 g/mol. The molecule has 2 aromatic rings. The quantitative estimate of drug-likeness (QED) is 0.522. The molecule has 138 valence electrons. The minimum Gasteiger partial charge on any atom is -0.478 e. The molecule has 0 aliphatic carbocycles. The van der Waals surface area contributed by atoms with Crippen LogP contribution >= 0.6 is 23.1 Å². The summed E-state index contributed by atoms with van der Waals surface area (Å²) < 4.78 is 0.548. The van der Waals surface area contributed by atoms with Gasteiger partial charge in [-0.3, -0.25) is 14.9 Å². The van der Waals surface area contributed by atoms with Gasteiger partial charge in [0.05, 0.1) is 16.9 Å². The first-order chi connectivity index (χ1) is 12.5. The molecule has 1 aromatic carbocycles. The van der Waals surface area contributed by atoms with Crippen LogP contribution in [0.5, 0.6) is 0 Å². The van der Waals surface area contributed by atoms with E-state index in [0.717, 1.165) is 11.3 Å². The van der Waals surface area contributed by atoms with E-state index in [1.54, 1.807) is 17.0 Å². The van der Waals surface area contributed by atoms with Gasteiger partial charge in [0.1, 0.15) is 0 Å². The lowest BCUT2D eigenvalue weighted by Crippen LogP contribution is -2.31. The zero-order valence-corrected chi connectivity index (χ0v) is 15.9. The van der Waals surface area contributed by atoms with E-state index < -0.39 is 11.9 Å². The Bertz CT molecular complexity index is 805. The zero-order chi connectivity index (χ0) is 19.1. The van der Waals surface area contributed by atoms with E-state index in [-0.39, 0.29) is 27.9 Å². The summed E-state index contributed by atoms with van der Waals surface area (Å²) in [4.78, 5) is 37.2. The molecule has 2 rings (SSSR count). The molecule has 10 heteroatoms. The first-order valence-electron chi connectivity index (χ1n) is 7.84. The maximum Gasteiger partial charge on any atom is 0.336 e. The smallest absolute Gasteiger partial charge is 0.336 e. The number of hydrogen-bond acceptors (Lipinski definition) is 7. The molecule has 2 N–H and O–H groups in total. The highest BCUT2D eigenvalue weighted by molar-refractivity contribution is 8.01. The van der Waals surface area contributed by atoms with Crippen LogP contribution in [0, 0.1) is 0 Å². The summed E-state index contributed by atoms with van der Waals surface area (Å²) in [6.45, 7) is 5.13. The van der Waals surface area contributed by atoms with E-state index in [1.165, 1.54) is 23.9 Å². The van der Waals surface area contributed by atoms with Crippen molar-refractivity contribution in [3.05, 3.63) is 35.4 Å². The minimum atomic E-state index is -1.18. The highest BCUT2D eigenvalue weighted by atomic mass is 32.2. The van der Waals surface area contributed by atoms with E-state index in [2.05, 4.69) is 15.5 Å². The lowest BCUT2D eigenvalue weighted by atomic mass is 10.1. The Morgan fingerprint density at radius 1 is 1.15 bits per heavy atom. The molecular weight excluding hydrogens is 376 g/mol. The van der Waals surface area contributed by atoms with Crippen molar-refractivity contribution in [1.82, 2.24) is 15.1 Å². The average molecular weight is 394 g/mol. The molecule has 0 saturated heterocycles. The maximum absolute atomic E-state index is 12.3. The summed E-state index contributed by atoms with van der Waals surface area (Å²) >= 11 is 2.38. The number of anilines is 1. The second-order valence-electron chi connectivity index (χ2n) is 5.03. The fourth-order valence-electron chi connectivity index (χ4n) is 2.14. The molecule has 0 saturated carbocycles. The van der Waals surface area contributed by atoms with Crippen LogP contribution in [0.25, 0.3) is 0 Å². The zero-order valence-electron chi connectivity index (χ0n) is 14.3. The van der Waals surface area contributed by atoms with Gasteiger partial charge in [-0.2, -0.15) is 0 Å². The summed E-state index contributed by atoms with van der Waals surface area (Å²) in [5.41, 5.74) is -0.0463. The predicted octanol–water partition coefficient (Wildman–Crippen LogP) is 2.45. The van der Waals surface area contributed by atoms with E-state index in [9.17, 15) is 14.4 Å². The fourth-order valence-corrected chi connectivity index (χ4v) is 3.79. The van der Waals surface area contributed by atoms with Crippen LogP contribution in [0.3, 0.4) is 0 Å². The highest BCUT2D eigenvalue weighted by Gasteiger charge is 2.18. The second kappa shape index (κ2) is 9.30. The first kappa shape index (κ1) is 19.9. The molecule has 0 bridgehead atoms. The van der Waals surface area contributed by atoms with Crippen LogP contribution in [-0.2, 0) is 4.79 Å². The van der Waals surface area contributed by atoms with E-state index in [4.69, 9.17) is 5.11 Å². The lowest BCUT2D eigenvalue weighted by Gasteiger charge is -2.17. The largest absolute Gasteiger partial charge is 0.478 e. The van der Waals surface area contributed by atoms with Crippen molar-refractivity contribution in [1.29, 1.82) is 0 Å². The number of carbonyl (C=O) groups is 3. The molecule has 0 unspecified atom stereocenters. The average Bonchev–Trinajstić information content (AvgIpc) is 3.08. The number of carboxylic acids is 1. The van der Waals surface area contributed by atoms with Crippen molar-refractivity contribution in [2.24, 2.45) is 0 Å². The summed E-state index contributed by atoms with van der Waals surface area (Å²) in [5, 5.41) is 19.7. The highest BCUT2D eigenvalue weighted by Crippen LogP contribution is 2.26. The Hall–Kier alpha value is -2.46. The summed E-state index contributed by atoms with van der Waals surface area (Å²) in [7, 11) is 0. The number of thioether (sulfide) groups is 1. The summed E-state index contributed by atoms with van der Waals surface area (Å²) in [6, 6.07) is 5.92. The molecule has 0 aliphatic rings. The number of carboxylic acid groups (broad SMARTS) is 1. The number of amides is 2. The Kier molecular flexibility index (Phi) is 7.10.